The van der Waals surface area contributed by atoms with Crippen LogP contribution in [0.4, 0.5) is 4.39 Å². The second-order valence-electron chi connectivity index (χ2n) is 6.83. The Labute approximate surface area is 110 Å². The molecule has 0 atom stereocenters. The summed E-state index contributed by atoms with van der Waals surface area (Å²) in [4.78, 5) is 4.61. The van der Waals surface area contributed by atoms with Crippen LogP contribution >= 0.6 is 0 Å². The van der Waals surface area contributed by atoms with E-state index in [0.29, 0.717) is 24.8 Å². The predicted molar refractivity (Wildman–Crippen MR) is 71.5 cm³/mol. The van der Waals surface area contributed by atoms with Gasteiger partial charge in [0.1, 0.15) is 5.67 Å². The predicted octanol–water partition coefficient (Wildman–Crippen LogP) is 1.11. The highest BCUT2D eigenvalue weighted by Crippen LogP contribution is 2.36. The van der Waals surface area contributed by atoms with Crippen molar-refractivity contribution in [1.82, 2.24) is 15.1 Å². The number of nitrogens with zero attached hydrogens (tertiary/aromatic N) is 2. The second kappa shape index (κ2) is 4.73. The molecular weight excluding hydrogens is 229 g/mol. The molecule has 0 aromatic rings. The molecule has 104 valence electrons. The molecule has 0 bridgehead atoms. The summed E-state index contributed by atoms with van der Waals surface area (Å²) in [6, 6.07) is 0. The van der Waals surface area contributed by atoms with Crippen LogP contribution in [0.2, 0.25) is 0 Å². The average Bonchev–Trinajstić information content (AvgIpc) is 2.33. The van der Waals surface area contributed by atoms with Crippen LogP contribution in [0.1, 0.15) is 25.7 Å². The van der Waals surface area contributed by atoms with E-state index >= 15 is 0 Å². The number of rotatable bonds is 2. The van der Waals surface area contributed by atoms with Crippen LogP contribution in [0.25, 0.3) is 0 Å². The highest BCUT2D eigenvalue weighted by molar-refractivity contribution is 4.97. The van der Waals surface area contributed by atoms with E-state index < -0.39 is 5.67 Å². The Morgan fingerprint density at radius 2 is 1.61 bits per heavy atom. The van der Waals surface area contributed by atoms with Gasteiger partial charge in [0.2, 0.25) is 0 Å². The van der Waals surface area contributed by atoms with E-state index in [4.69, 9.17) is 0 Å². The van der Waals surface area contributed by atoms with Gasteiger partial charge in [-0.25, -0.2) is 4.39 Å². The average molecular weight is 255 g/mol. The van der Waals surface area contributed by atoms with Crippen LogP contribution in [0, 0.1) is 5.41 Å². The first-order chi connectivity index (χ1) is 8.59. The van der Waals surface area contributed by atoms with E-state index in [0.717, 1.165) is 26.2 Å². The molecule has 0 aliphatic carbocycles. The van der Waals surface area contributed by atoms with Gasteiger partial charge in [-0.1, -0.05) is 0 Å². The fourth-order valence-corrected chi connectivity index (χ4v) is 3.60. The summed E-state index contributed by atoms with van der Waals surface area (Å²) >= 11 is 0. The maximum absolute atomic E-state index is 14.7. The highest BCUT2D eigenvalue weighted by Gasteiger charge is 2.42. The number of hydrogen-bond donors (Lipinski definition) is 1. The van der Waals surface area contributed by atoms with Crippen molar-refractivity contribution in [2.45, 2.75) is 31.4 Å². The van der Waals surface area contributed by atoms with Crippen molar-refractivity contribution in [1.29, 1.82) is 0 Å². The van der Waals surface area contributed by atoms with Gasteiger partial charge >= 0.3 is 0 Å². The largest absolute Gasteiger partial charge is 0.316 e. The molecule has 3 fully saturated rings. The molecule has 0 aromatic heterocycles. The lowest BCUT2D eigenvalue weighted by Crippen LogP contribution is -2.59. The maximum atomic E-state index is 14.7. The Bertz CT molecular complexity index is 285. The van der Waals surface area contributed by atoms with E-state index in [1.807, 2.05) is 0 Å². The summed E-state index contributed by atoms with van der Waals surface area (Å²) < 4.78 is 14.7. The molecule has 0 aromatic carbocycles. The third-order valence-corrected chi connectivity index (χ3v) is 5.31. The Kier molecular flexibility index (Phi) is 3.37. The number of likely N-dealkylation sites (tertiary alicyclic amines) is 2. The summed E-state index contributed by atoms with van der Waals surface area (Å²) in [7, 11) is 2.09. The molecule has 3 aliphatic heterocycles. The second-order valence-corrected chi connectivity index (χ2v) is 6.83. The molecular formula is C14H26FN3. The van der Waals surface area contributed by atoms with Crippen molar-refractivity contribution in [2.75, 3.05) is 52.9 Å². The summed E-state index contributed by atoms with van der Waals surface area (Å²) in [5.74, 6) is 0. The fourth-order valence-electron chi connectivity index (χ4n) is 3.60. The highest BCUT2D eigenvalue weighted by atomic mass is 19.1. The van der Waals surface area contributed by atoms with Crippen molar-refractivity contribution >= 4 is 0 Å². The number of nitrogens with one attached hydrogen (secondary N) is 1. The molecule has 1 spiro atoms. The van der Waals surface area contributed by atoms with Crippen molar-refractivity contribution in [3.8, 4) is 0 Å². The van der Waals surface area contributed by atoms with E-state index in [1.165, 1.54) is 25.9 Å². The Morgan fingerprint density at radius 3 is 2.11 bits per heavy atom. The van der Waals surface area contributed by atoms with Crippen LogP contribution < -0.4 is 5.32 Å². The first-order valence-corrected chi connectivity index (χ1v) is 7.40. The lowest BCUT2D eigenvalue weighted by Gasteiger charge is -2.49. The fraction of sp³-hybridized carbons (Fsp3) is 1.00. The zero-order valence-corrected chi connectivity index (χ0v) is 11.6. The molecule has 0 saturated carbocycles. The SMILES string of the molecule is CN1CCC(F)(CN2CCC3(CC2)CNC3)CC1. The van der Waals surface area contributed by atoms with Crippen LogP contribution in [-0.4, -0.2) is 68.3 Å². The molecule has 4 heteroatoms. The van der Waals surface area contributed by atoms with E-state index in [2.05, 4.69) is 22.2 Å². The molecule has 3 heterocycles. The van der Waals surface area contributed by atoms with Gasteiger partial charge in [-0.05, 0) is 51.2 Å². The monoisotopic (exact) mass is 255 g/mol. The van der Waals surface area contributed by atoms with E-state index in [9.17, 15) is 4.39 Å². The normalized spacial score (nSPS) is 32.3. The van der Waals surface area contributed by atoms with E-state index in [-0.39, 0.29) is 0 Å². The van der Waals surface area contributed by atoms with Gasteiger partial charge in [0.15, 0.2) is 0 Å². The minimum Gasteiger partial charge on any atom is -0.316 e. The third-order valence-electron chi connectivity index (χ3n) is 5.31. The molecule has 0 amide bonds. The van der Waals surface area contributed by atoms with Crippen LogP contribution in [0.5, 0.6) is 0 Å². The smallest absolute Gasteiger partial charge is 0.126 e. The molecule has 3 nitrogen and oxygen atoms in total. The number of hydrogen-bond acceptors (Lipinski definition) is 3. The standard InChI is InChI=1S/C14H26FN3/c1-17-6-4-14(15,5-7-17)12-18-8-2-13(3-9-18)10-16-11-13/h16H,2-12H2,1H3. The number of piperidine rings is 2. The Morgan fingerprint density at radius 1 is 1.00 bits per heavy atom. The Hall–Kier alpha value is -0.190. The summed E-state index contributed by atoms with van der Waals surface area (Å²) in [6.45, 7) is 7.08. The van der Waals surface area contributed by atoms with Gasteiger partial charge in [0.25, 0.3) is 0 Å². The van der Waals surface area contributed by atoms with Gasteiger partial charge in [0, 0.05) is 32.7 Å². The topological polar surface area (TPSA) is 18.5 Å². The van der Waals surface area contributed by atoms with Gasteiger partial charge in [-0.15, -0.1) is 0 Å². The quantitative estimate of drug-likeness (QED) is 0.797. The van der Waals surface area contributed by atoms with Gasteiger partial charge < -0.3 is 15.1 Å². The van der Waals surface area contributed by atoms with Crippen molar-refractivity contribution < 1.29 is 4.39 Å². The zero-order chi connectivity index (χ0) is 12.6. The summed E-state index contributed by atoms with van der Waals surface area (Å²) in [5.41, 5.74) is -0.346. The summed E-state index contributed by atoms with van der Waals surface area (Å²) in [6.07, 6.45) is 3.95. The zero-order valence-electron chi connectivity index (χ0n) is 11.6. The first-order valence-electron chi connectivity index (χ1n) is 7.40. The molecule has 0 radical (unpaired) electrons. The molecule has 1 N–H and O–H groups in total. The van der Waals surface area contributed by atoms with Crippen LogP contribution in [-0.2, 0) is 0 Å². The lowest BCUT2D eigenvalue weighted by molar-refractivity contribution is -0.00390. The van der Waals surface area contributed by atoms with Crippen LogP contribution in [0.3, 0.4) is 0 Å². The molecule has 3 saturated heterocycles. The minimum atomic E-state index is -0.922. The first kappa shape index (κ1) is 12.8. The van der Waals surface area contributed by atoms with Gasteiger partial charge in [-0.3, -0.25) is 0 Å². The summed E-state index contributed by atoms with van der Waals surface area (Å²) in [5, 5.41) is 3.38. The number of halogens is 1. The lowest BCUT2D eigenvalue weighted by atomic mass is 9.73. The van der Waals surface area contributed by atoms with Gasteiger partial charge in [0.05, 0.1) is 0 Å². The third kappa shape index (κ3) is 2.56. The molecule has 3 rings (SSSR count). The Balaban J connectivity index is 1.48. The van der Waals surface area contributed by atoms with Gasteiger partial charge in [-0.2, -0.15) is 0 Å². The molecule has 3 aliphatic rings. The van der Waals surface area contributed by atoms with Crippen molar-refractivity contribution in [2.24, 2.45) is 5.41 Å². The molecule has 0 unspecified atom stereocenters. The van der Waals surface area contributed by atoms with Crippen LogP contribution in [0.15, 0.2) is 0 Å². The van der Waals surface area contributed by atoms with Crippen molar-refractivity contribution in [3.05, 3.63) is 0 Å². The van der Waals surface area contributed by atoms with Crippen molar-refractivity contribution in [3.63, 3.8) is 0 Å². The van der Waals surface area contributed by atoms with E-state index in [1.54, 1.807) is 0 Å². The molecule has 18 heavy (non-hydrogen) atoms. The number of alkyl halides is 1. The minimum absolute atomic E-state index is 0.576. The maximum Gasteiger partial charge on any atom is 0.126 e.